The Labute approximate surface area is 86.3 Å². The molecule has 78 valence electrons. The van der Waals surface area contributed by atoms with Gasteiger partial charge >= 0.3 is 0 Å². The number of hydrogen-bond donors (Lipinski definition) is 1. The highest BCUT2D eigenvalue weighted by molar-refractivity contribution is 5.96. The van der Waals surface area contributed by atoms with E-state index in [0.717, 1.165) is 0 Å². The van der Waals surface area contributed by atoms with Gasteiger partial charge in [0, 0.05) is 13.1 Å². The first-order chi connectivity index (χ1) is 7.27. The van der Waals surface area contributed by atoms with Crippen molar-refractivity contribution in [2.45, 2.75) is 0 Å². The minimum Gasteiger partial charge on any atom is -0.353 e. The first-order valence-electron chi connectivity index (χ1n) is 4.60. The number of carbonyl (C=O) groups excluding carboxylic acids is 2. The maximum atomic E-state index is 11.8. The fourth-order valence-electron chi connectivity index (χ4n) is 1.41. The molecule has 2 rings (SSSR count). The molecule has 1 N–H and O–H groups in total. The second-order valence-electron chi connectivity index (χ2n) is 3.21. The third-order valence-corrected chi connectivity index (χ3v) is 2.16. The summed E-state index contributed by atoms with van der Waals surface area (Å²) < 4.78 is 0. The van der Waals surface area contributed by atoms with Gasteiger partial charge < -0.3 is 10.2 Å². The zero-order chi connectivity index (χ0) is 10.7. The topological polar surface area (TPSA) is 75.2 Å². The number of hydrogen-bond acceptors (Lipinski definition) is 4. The first kappa shape index (κ1) is 9.57. The van der Waals surface area contributed by atoms with E-state index in [-0.39, 0.29) is 18.4 Å². The molecule has 15 heavy (non-hydrogen) atoms. The van der Waals surface area contributed by atoms with Crippen LogP contribution in [-0.4, -0.2) is 46.5 Å². The first-order valence-corrected chi connectivity index (χ1v) is 4.60. The van der Waals surface area contributed by atoms with Crippen molar-refractivity contribution in [3.8, 4) is 0 Å². The molecule has 0 unspecified atom stereocenters. The molecule has 1 saturated heterocycles. The van der Waals surface area contributed by atoms with E-state index in [9.17, 15) is 9.59 Å². The lowest BCUT2D eigenvalue weighted by atomic mass is 10.2. The van der Waals surface area contributed by atoms with Crippen molar-refractivity contribution in [1.29, 1.82) is 0 Å². The van der Waals surface area contributed by atoms with Crippen molar-refractivity contribution >= 4 is 11.8 Å². The Balaban J connectivity index is 2.11. The molecule has 0 saturated carbocycles. The van der Waals surface area contributed by atoms with Gasteiger partial charge in [0.15, 0.2) is 0 Å². The lowest BCUT2D eigenvalue weighted by molar-refractivity contribution is -0.123. The second-order valence-corrected chi connectivity index (χ2v) is 3.21. The molecule has 0 atom stereocenters. The van der Waals surface area contributed by atoms with Crippen LogP contribution in [0.2, 0.25) is 0 Å². The molecule has 0 radical (unpaired) electrons. The maximum absolute atomic E-state index is 11.8. The van der Waals surface area contributed by atoms with Crippen LogP contribution in [0.3, 0.4) is 0 Å². The van der Waals surface area contributed by atoms with Crippen LogP contribution in [0.1, 0.15) is 10.4 Å². The lowest BCUT2D eigenvalue weighted by Gasteiger charge is -2.26. The van der Waals surface area contributed by atoms with Crippen LogP contribution in [-0.2, 0) is 4.79 Å². The van der Waals surface area contributed by atoms with Gasteiger partial charge in [-0.05, 0) is 6.07 Å². The van der Waals surface area contributed by atoms with Crippen LogP contribution in [0, 0.1) is 0 Å². The average molecular weight is 206 g/mol. The summed E-state index contributed by atoms with van der Waals surface area (Å²) in [6.07, 6.45) is 2.85. The molecule has 2 amide bonds. The van der Waals surface area contributed by atoms with E-state index in [1.807, 2.05) is 0 Å². The number of rotatable bonds is 1. The van der Waals surface area contributed by atoms with E-state index in [2.05, 4.69) is 15.5 Å². The predicted octanol–water partition coefficient (Wildman–Crippen LogP) is -0.951. The quantitative estimate of drug-likeness (QED) is 0.642. The fraction of sp³-hybridized carbons (Fsp3) is 0.333. The van der Waals surface area contributed by atoms with Crippen molar-refractivity contribution in [2.75, 3.05) is 19.6 Å². The Morgan fingerprint density at radius 2 is 2.33 bits per heavy atom. The summed E-state index contributed by atoms with van der Waals surface area (Å²) in [4.78, 5) is 24.4. The van der Waals surface area contributed by atoms with E-state index in [1.54, 1.807) is 6.07 Å². The van der Waals surface area contributed by atoms with Gasteiger partial charge in [0.25, 0.3) is 5.91 Å². The molecular weight excluding hydrogens is 196 g/mol. The van der Waals surface area contributed by atoms with E-state index in [0.29, 0.717) is 18.7 Å². The highest BCUT2D eigenvalue weighted by atomic mass is 16.2. The summed E-state index contributed by atoms with van der Waals surface area (Å²) in [5.41, 5.74) is 0.458. The molecule has 0 spiro atoms. The van der Waals surface area contributed by atoms with Gasteiger partial charge in [-0.2, -0.15) is 10.2 Å². The number of nitrogens with one attached hydrogen (secondary N) is 1. The predicted molar refractivity (Wildman–Crippen MR) is 50.9 cm³/mol. The van der Waals surface area contributed by atoms with Gasteiger partial charge in [-0.25, -0.2) is 0 Å². The molecule has 0 bridgehead atoms. The smallest absolute Gasteiger partial charge is 0.256 e. The average Bonchev–Trinajstić information content (AvgIpc) is 2.29. The van der Waals surface area contributed by atoms with E-state index in [4.69, 9.17) is 0 Å². The Hall–Kier alpha value is -1.98. The maximum Gasteiger partial charge on any atom is 0.256 e. The lowest BCUT2D eigenvalue weighted by Crippen LogP contribution is -2.49. The van der Waals surface area contributed by atoms with E-state index in [1.165, 1.54) is 17.3 Å². The van der Waals surface area contributed by atoms with Crippen molar-refractivity contribution in [3.05, 3.63) is 24.0 Å². The summed E-state index contributed by atoms with van der Waals surface area (Å²) in [6.45, 7) is 1.15. The molecule has 1 aromatic rings. The van der Waals surface area contributed by atoms with Crippen molar-refractivity contribution in [2.24, 2.45) is 0 Å². The van der Waals surface area contributed by atoms with Gasteiger partial charge in [-0.15, -0.1) is 0 Å². The third-order valence-electron chi connectivity index (χ3n) is 2.16. The fourth-order valence-corrected chi connectivity index (χ4v) is 1.41. The molecule has 0 aromatic carbocycles. The van der Waals surface area contributed by atoms with Gasteiger partial charge in [0.1, 0.15) is 0 Å². The standard InChI is InChI=1S/C9H10N4O2/c14-8-6-13(4-3-10-8)9(15)7-1-2-11-12-5-7/h1-2,5H,3-4,6H2,(H,10,14). The van der Waals surface area contributed by atoms with Crippen molar-refractivity contribution in [3.63, 3.8) is 0 Å². The summed E-state index contributed by atoms with van der Waals surface area (Å²) in [6, 6.07) is 1.59. The third kappa shape index (κ3) is 2.09. The number of piperazine rings is 1. The highest BCUT2D eigenvalue weighted by Gasteiger charge is 2.22. The van der Waals surface area contributed by atoms with E-state index >= 15 is 0 Å². The Kier molecular flexibility index (Phi) is 2.57. The zero-order valence-electron chi connectivity index (χ0n) is 8.01. The zero-order valence-corrected chi connectivity index (χ0v) is 8.01. The summed E-state index contributed by atoms with van der Waals surface area (Å²) in [7, 11) is 0. The normalized spacial score (nSPS) is 16.0. The number of nitrogens with zero attached hydrogens (tertiary/aromatic N) is 3. The number of carbonyl (C=O) groups is 2. The summed E-state index contributed by atoms with van der Waals surface area (Å²) in [5, 5.41) is 9.87. The molecular formula is C9H10N4O2. The molecule has 6 heteroatoms. The largest absolute Gasteiger partial charge is 0.353 e. The number of aromatic nitrogens is 2. The molecule has 1 aromatic heterocycles. The SMILES string of the molecule is O=C1CN(C(=O)c2ccnnc2)CCN1. The highest BCUT2D eigenvalue weighted by Crippen LogP contribution is 2.03. The van der Waals surface area contributed by atoms with Gasteiger partial charge in [0.05, 0.1) is 24.5 Å². The minimum absolute atomic E-state index is 0.112. The number of amides is 2. The molecule has 1 fully saturated rings. The molecule has 6 nitrogen and oxygen atoms in total. The van der Waals surface area contributed by atoms with Gasteiger partial charge in [-0.3, -0.25) is 9.59 Å². The van der Waals surface area contributed by atoms with E-state index < -0.39 is 0 Å². The molecule has 0 aliphatic carbocycles. The molecule has 1 aliphatic heterocycles. The minimum atomic E-state index is -0.181. The monoisotopic (exact) mass is 206 g/mol. The van der Waals surface area contributed by atoms with Crippen LogP contribution < -0.4 is 5.32 Å². The second kappa shape index (κ2) is 4.04. The van der Waals surface area contributed by atoms with Crippen molar-refractivity contribution < 1.29 is 9.59 Å². The van der Waals surface area contributed by atoms with Gasteiger partial charge in [-0.1, -0.05) is 0 Å². The summed E-state index contributed by atoms with van der Waals surface area (Å²) >= 11 is 0. The van der Waals surface area contributed by atoms with Crippen LogP contribution in [0.4, 0.5) is 0 Å². The van der Waals surface area contributed by atoms with Gasteiger partial charge in [0.2, 0.25) is 5.91 Å². The van der Waals surface area contributed by atoms with Crippen LogP contribution in [0.15, 0.2) is 18.5 Å². The van der Waals surface area contributed by atoms with Crippen LogP contribution in [0.5, 0.6) is 0 Å². The molecule has 1 aliphatic rings. The van der Waals surface area contributed by atoms with Crippen molar-refractivity contribution in [1.82, 2.24) is 20.4 Å². The Bertz CT molecular complexity index is 379. The summed E-state index contributed by atoms with van der Waals surface area (Å²) in [5.74, 6) is -0.309. The van der Waals surface area contributed by atoms with Crippen LogP contribution >= 0.6 is 0 Å². The Morgan fingerprint density at radius 1 is 1.47 bits per heavy atom. The van der Waals surface area contributed by atoms with Crippen LogP contribution in [0.25, 0.3) is 0 Å². The molecule has 2 heterocycles. The Morgan fingerprint density at radius 3 is 3.00 bits per heavy atom.